The smallest absolute Gasteiger partial charge is 0.308 e. The van der Waals surface area contributed by atoms with E-state index >= 15 is 0 Å². The van der Waals surface area contributed by atoms with E-state index in [0.717, 1.165) is 16.6 Å². The molecule has 0 amide bonds. The fourth-order valence-electron chi connectivity index (χ4n) is 4.07. The number of thiophene rings is 1. The molecule has 0 aliphatic carbocycles. The number of ether oxygens (including phenoxy) is 1. The minimum atomic E-state index is -0.534. The summed E-state index contributed by atoms with van der Waals surface area (Å²) in [5.74, 6) is 1.32. The van der Waals surface area contributed by atoms with Gasteiger partial charge >= 0.3 is 5.97 Å². The van der Waals surface area contributed by atoms with Crippen LogP contribution in [0, 0.1) is 27.7 Å². The number of hydrogen-bond acceptors (Lipinski definition) is 6. The van der Waals surface area contributed by atoms with Gasteiger partial charge in [0.05, 0.1) is 18.5 Å². The van der Waals surface area contributed by atoms with Gasteiger partial charge in [0.1, 0.15) is 16.4 Å². The summed E-state index contributed by atoms with van der Waals surface area (Å²) < 4.78 is 7.73. The van der Waals surface area contributed by atoms with Crippen molar-refractivity contribution in [3.05, 3.63) is 63.0 Å². The van der Waals surface area contributed by atoms with Crippen molar-refractivity contribution in [3.63, 3.8) is 0 Å². The fourth-order valence-corrected chi connectivity index (χ4v) is 5.32. The molecule has 2 atom stereocenters. The van der Waals surface area contributed by atoms with Crippen molar-refractivity contribution in [3.8, 4) is 5.00 Å². The minimum absolute atomic E-state index is 0.0610. The predicted octanol–water partition coefficient (Wildman–Crippen LogP) is 5.03. The second-order valence-electron chi connectivity index (χ2n) is 9.30. The summed E-state index contributed by atoms with van der Waals surface area (Å²) in [7, 11) is 0. The molecule has 0 bridgehead atoms. The van der Waals surface area contributed by atoms with Gasteiger partial charge in [-0.15, -0.1) is 21.5 Å². The highest BCUT2D eigenvalue weighted by molar-refractivity contribution is 7.14. The molecule has 3 aromatic rings. The van der Waals surface area contributed by atoms with E-state index in [1.165, 1.54) is 27.1 Å². The second kappa shape index (κ2) is 7.88. The second-order valence-corrected chi connectivity index (χ2v) is 10.5. The highest BCUT2D eigenvalue weighted by Crippen LogP contribution is 2.43. The molecule has 1 unspecified atom stereocenters. The van der Waals surface area contributed by atoms with Gasteiger partial charge in [-0.25, -0.2) is 0 Å². The number of rotatable bonds is 3. The van der Waals surface area contributed by atoms with Crippen LogP contribution in [-0.2, 0) is 9.53 Å². The molecular formula is C24H30N4O2S. The Balaban J connectivity index is 1.84. The zero-order valence-corrected chi connectivity index (χ0v) is 20.1. The Morgan fingerprint density at radius 1 is 1.13 bits per heavy atom. The van der Waals surface area contributed by atoms with Crippen molar-refractivity contribution in [2.75, 3.05) is 0 Å². The molecule has 0 saturated carbocycles. The summed E-state index contributed by atoms with van der Waals surface area (Å²) in [6.45, 7) is 14.0. The number of fused-ring (bicyclic) bond motifs is 3. The maximum Gasteiger partial charge on any atom is 0.308 e. The molecule has 0 fully saturated rings. The summed E-state index contributed by atoms with van der Waals surface area (Å²) in [4.78, 5) is 14.0. The quantitative estimate of drug-likeness (QED) is 0.581. The van der Waals surface area contributed by atoms with Crippen molar-refractivity contribution < 1.29 is 9.53 Å². The van der Waals surface area contributed by atoms with E-state index in [0.29, 0.717) is 0 Å². The summed E-state index contributed by atoms with van der Waals surface area (Å²) in [5.41, 5.74) is 4.33. The zero-order valence-electron chi connectivity index (χ0n) is 19.2. The molecule has 164 valence electrons. The molecule has 6 nitrogen and oxygen atoms in total. The molecule has 0 spiro atoms. The molecule has 0 radical (unpaired) electrons. The summed E-state index contributed by atoms with van der Waals surface area (Å²) in [5, 5.41) is 13.7. The molecule has 1 aliphatic heterocycles. The Morgan fingerprint density at radius 3 is 2.45 bits per heavy atom. The Kier molecular flexibility index (Phi) is 5.52. The van der Waals surface area contributed by atoms with Crippen LogP contribution in [0.2, 0.25) is 0 Å². The third-order valence-electron chi connectivity index (χ3n) is 5.63. The zero-order chi connectivity index (χ0) is 22.5. The third-order valence-corrected chi connectivity index (χ3v) is 6.84. The lowest BCUT2D eigenvalue weighted by molar-refractivity contribution is -0.155. The van der Waals surface area contributed by atoms with Gasteiger partial charge < -0.3 is 4.74 Å². The predicted molar refractivity (Wildman–Crippen MR) is 123 cm³/mol. The van der Waals surface area contributed by atoms with E-state index in [2.05, 4.69) is 65.1 Å². The van der Waals surface area contributed by atoms with E-state index < -0.39 is 5.60 Å². The van der Waals surface area contributed by atoms with E-state index in [9.17, 15) is 4.79 Å². The average molecular weight is 439 g/mol. The van der Waals surface area contributed by atoms with Crippen LogP contribution in [-0.4, -0.2) is 26.3 Å². The van der Waals surface area contributed by atoms with Crippen molar-refractivity contribution in [1.82, 2.24) is 20.1 Å². The Labute approximate surface area is 187 Å². The highest BCUT2D eigenvalue weighted by Gasteiger charge is 2.36. The third kappa shape index (κ3) is 4.16. The van der Waals surface area contributed by atoms with Crippen molar-refractivity contribution in [2.24, 2.45) is 0 Å². The maximum absolute atomic E-state index is 12.8. The molecule has 4 rings (SSSR count). The molecule has 2 aromatic heterocycles. The number of hydrogen-bond donors (Lipinski definition) is 1. The van der Waals surface area contributed by atoms with Crippen LogP contribution in [0.1, 0.15) is 78.1 Å². The van der Waals surface area contributed by atoms with Crippen molar-refractivity contribution >= 4 is 17.3 Å². The first kappa shape index (κ1) is 21.7. The lowest BCUT2D eigenvalue weighted by atomic mass is 9.95. The van der Waals surface area contributed by atoms with Gasteiger partial charge in [0, 0.05) is 10.4 Å². The number of esters is 1. The molecular weight excluding hydrogens is 408 g/mol. The van der Waals surface area contributed by atoms with Gasteiger partial charge in [-0.05, 0) is 59.6 Å². The van der Waals surface area contributed by atoms with E-state index in [1.54, 1.807) is 11.3 Å². The Hall–Kier alpha value is -2.51. The van der Waals surface area contributed by atoms with Gasteiger partial charge in [-0.1, -0.05) is 29.8 Å². The molecule has 0 saturated heterocycles. The highest BCUT2D eigenvalue weighted by atomic mass is 32.1. The lowest BCUT2D eigenvalue weighted by Crippen LogP contribution is -2.32. The van der Waals surface area contributed by atoms with Gasteiger partial charge in [0.15, 0.2) is 5.82 Å². The normalized spacial score (nSPS) is 18.3. The van der Waals surface area contributed by atoms with Crippen LogP contribution in [0.5, 0.6) is 0 Å². The van der Waals surface area contributed by atoms with E-state index in [1.807, 2.05) is 27.7 Å². The molecule has 31 heavy (non-hydrogen) atoms. The van der Waals surface area contributed by atoms with Crippen LogP contribution < -0.4 is 5.32 Å². The van der Waals surface area contributed by atoms with Crippen molar-refractivity contribution in [1.29, 1.82) is 0 Å². The summed E-state index contributed by atoms with van der Waals surface area (Å²) >= 11 is 1.75. The SMILES string of the molecule is Cc1ccc(C2N[C@@H](CC(=O)OC(C)(C)C)c3nnc(C)n3-c3sc(C)c(C)c32)cc1. The monoisotopic (exact) mass is 438 g/mol. The molecule has 1 N–H and O–H groups in total. The van der Waals surface area contributed by atoms with Gasteiger partial charge in [-0.3, -0.25) is 14.7 Å². The number of aromatic nitrogens is 3. The summed E-state index contributed by atoms with van der Waals surface area (Å²) in [6.07, 6.45) is 0.185. The average Bonchev–Trinajstić information content (AvgIpc) is 3.14. The van der Waals surface area contributed by atoms with E-state index in [4.69, 9.17) is 4.74 Å². The van der Waals surface area contributed by atoms with Crippen LogP contribution in [0.3, 0.4) is 0 Å². The van der Waals surface area contributed by atoms with Gasteiger partial charge in [0.2, 0.25) is 0 Å². The number of carbonyl (C=O) groups excluding carboxylic acids is 1. The lowest BCUT2D eigenvalue weighted by Gasteiger charge is -2.25. The van der Waals surface area contributed by atoms with Crippen LogP contribution in [0.4, 0.5) is 0 Å². The molecule has 7 heteroatoms. The first-order valence-corrected chi connectivity index (χ1v) is 11.4. The largest absolute Gasteiger partial charge is 0.460 e. The first-order valence-electron chi connectivity index (χ1n) is 10.6. The fraction of sp³-hybridized carbons (Fsp3) is 0.458. The summed E-state index contributed by atoms with van der Waals surface area (Å²) in [6, 6.07) is 8.20. The van der Waals surface area contributed by atoms with Gasteiger partial charge in [-0.2, -0.15) is 0 Å². The van der Waals surface area contributed by atoms with Gasteiger partial charge in [0.25, 0.3) is 0 Å². The number of carbonyl (C=O) groups is 1. The van der Waals surface area contributed by atoms with E-state index in [-0.39, 0.29) is 24.5 Å². The Morgan fingerprint density at radius 2 is 1.81 bits per heavy atom. The number of benzene rings is 1. The standard InChI is InChI=1S/C24H30N4O2S/c1-13-8-10-17(11-9-13)21-20-14(2)15(3)31-23(20)28-16(4)26-27-22(28)18(25-21)12-19(29)30-24(5,6)7/h8-11,18,21,25H,12H2,1-7H3/t18-,21?/m0/s1. The number of nitrogens with one attached hydrogen (secondary N) is 1. The first-order chi connectivity index (χ1) is 14.5. The minimum Gasteiger partial charge on any atom is -0.460 e. The molecule has 1 aromatic carbocycles. The molecule has 3 heterocycles. The maximum atomic E-state index is 12.8. The van der Waals surface area contributed by atoms with Crippen LogP contribution in [0.25, 0.3) is 5.00 Å². The van der Waals surface area contributed by atoms with Crippen LogP contribution >= 0.6 is 11.3 Å². The molecule has 1 aliphatic rings. The van der Waals surface area contributed by atoms with Crippen molar-refractivity contribution in [2.45, 2.75) is 72.6 Å². The van der Waals surface area contributed by atoms with Crippen LogP contribution in [0.15, 0.2) is 24.3 Å². The number of nitrogens with zero attached hydrogens (tertiary/aromatic N) is 3. The Bertz CT molecular complexity index is 1120. The topological polar surface area (TPSA) is 69.0 Å². The number of aryl methyl sites for hydroxylation is 3.